The Kier molecular flexibility index (Phi) is 8.13. The SMILES string of the molecule is O=C1OCC(O)C(C2OC(=O)c3cc(O)c(O)c(O)c3-c3c(O)c(O)c(O)c4c3C(=O)OC2C4O)OC(=O)c2cc(O)c(O)c(O)c2-c2c1cc(O)c(O)c2O. The molecule has 0 radical (unpaired) electrons. The molecule has 22 heteroatoms. The lowest BCUT2D eigenvalue weighted by Gasteiger charge is -2.40. The zero-order chi connectivity index (χ0) is 41.0. The Morgan fingerprint density at radius 2 is 0.804 bits per heavy atom. The summed E-state index contributed by atoms with van der Waals surface area (Å²) in [6, 6.07) is 1.33. The molecule has 0 amide bonds. The van der Waals surface area contributed by atoms with Crippen molar-refractivity contribution in [1.29, 1.82) is 0 Å². The third kappa shape index (κ3) is 5.03. The minimum atomic E-state index is -2.55. The minimum absolute atomic E-state index is 0.403. The molecule has 0 aromatic heterocycles. The van der Waals surface area contributed by atoms with E-state index in [0.29, 0.717) is 18.2 Å². The molecule has 4 aromatic carbocycles. The van der Waals surface area contributed by atoms with Crippen molar-refractivity contribution in [2.45, 2.75) is 30.5 Å². The highest BCUT2D eigenvalue weighted by molar-refractivity contribution is 6.11. The molecule has 8 rings (SSSR count). The van der Waals surface area contributed by atoms with Gasteiger partial charge in [-0.25, -0.2) is 19.2 Å². The van der Waals surface area contributed by atoms with Gasteiger partial charge in [-0.3, -0.25) is 0 Å². The summed E-state index contributed by atoms with van der Waals surface area (Å²) >= 11 is 0. The Morgan fingerprint density at radius 1 is 0.411 bits per heavy atom. The molecule has 4 aliphatic rings. The van der Waals surface area contributed by atoms with Crippen molar-refractivity contribution in [2.75, 3.05) is 6.61 Å². The summed E-state index contributed by atoms with van der Waals surface area (Å²) in [4.78, 5) is 55.1. The first-order chi connectivity index (χ1) is 26.3. The molecule has 4 aliphatic heterocycles. The predicted octanol–water partition coefficient (Wildman–Crippen LogP) is 0.356. The molecule has 22 nitrogen and oxygen atoms in total. The van der Waals surface area contributed by atoms with Gasteiger partial charge in [0.1, 0.15) is 18.8 Å². The van der Waals surface area contributed by atoms with E-state index in [9.17, 15) is 90.7 Å². The van der Waals surface area contributed by atoms with E-state index in [4.69, 9.17) is 18.9 Å². The fourth-order valence-electron chi connectivity index (χ4n) is 6.70. The van der Waals surface area contributed by atoms with E-state index >= 15 is 0 Å². The lowest BCUT2D eigenvalue weighted by Crippen LogP contribution is -2.55. The number of phenols is 12. The first kappa shape index (κ1) is 36.6. The molecule has 0 spiro atoms. The Hall–Kier alpha value is -7.72. The topological polar surface area (TPSA) is 388 Å². The van der Waals surface area contributed by atoms with Crippen molar-refractivity contribution in [3.63, 3.8) is 0 Å². The van der Waals surface area contributed by atoms with Gasteiger partial charge in [0.05, 0.1) is 22.3 Å². The van der Waals surface area contributed by atoms with Crippen molar-refractivity contribution >= 4 is 23.9 Å². The average molecular weight is 785 g/mol. The Bertz CT molecular complexity index is 2470. The van der Waals surface area contributed by atoms with E-state index in [-0.39, 0.29) is 0 Å². The van der Waals surface area contributed by atoms with E-state index in [2.05, 4.69) is 0 Å². The summed E-state index contributed by atoms with van der Waals surface area (Å²) in [5, 5.41) is 150. The summed E-state index contributed by atoms with van der Waals surface area (Å²) in [5.74, 6) is -22.9. The number of fused-ring (bicyclic) bond motifs is 6. The molecule has 0 aliphatic carbocycles. The normalized spacial score (nSPS) is 21.6. The second-order valence-corrected chi connectivity index (χ2v) is 12.5. The van der Waals surface area contributed by atoms with Crippen molar-refractivity contribution in [3.8, 4) is 91.2 Å². The van der Waals surface area contributed by atoms with E-state index in [1.165, 1.54) is 0 Å². The fourth-order valence-corrected chi connectivity index (χ4v) is 6.70. The van der Waals surface area contributed by atoms with Gasteiger partial charge in [-0.05, 0) is 18.2 Å². The van der Waals surface area contributed by atoms with Crippen LogP contribution in [0.15, 0.2) is 18.2 Å². The van der Waals surface area contributed by atoms with Crippen molar-refractivity contribution in [2.24, 2.45) is 0 Å². The number of cyclic esters (lactones) is 2. The van der Waals surface area contributed by atoms with Gasteiger partial charge in [0.25, 0.3) is 0 Å². The van der Waals surface area contributed by atoms with Gasteiger partial charge in [0.2, 0.25) is 23.0 Å². The number of esters is 4. The van der Waals surface area contributed by atoms with Gasteiger partial charge in [-0.15, -0.1) is 0 Å². The summed E-state index contributed by atoms with van der Waals surface area (Å²) < 4.78 is 21.3. The lowest BCUT2D eigenvalue weighted by atomic mass is 9.82. The van der Waals surface area contributed by atoms with Crippen LogP contribution in [0, 0.1) is 0 Å². The highest BCUT2D eigenvalue weighted by Gasteiger charge is 2.53. The van der Waals surface area contributed by atoms with Crippen LogP contribution in [0.1, 0.15) is 53.1 Å². The van der Waals surface area contributed by atoms with Crippen LogP contribution in [0.5, 0.6) is 69.0 Å². The van der Waals surface area contributed by atoms with Gasteiger partial charge in [-0.2, -0.15) is 0 Å². The number of phenolic OH excluding ortho intramolecular Hbond substituents is 12. The maximum Gasteiger partial charge on any atom is 0.339 e. The second-order valence-electron chi connectivity index (χ2n) is 12.5. The van der Waals surface area contributed by atoms with E-state index in [0.717, 1.165) is 0 Å². The number of hydrogen-bond acceptors (Lipinski definition) is 22. The summed E-state index contributed by atoms with van der Waals surface area (Å²) in [7, 11) is 0. The van der Waals surface area contributed by atoms with E-state index in [1.54, 1.807) is 0 Å². The second kappa shape index (κ2) is 12.4. The smallest absolute Gasteiger partial charge is 0.339 e. The zero-order valence-corrected chi connectivity index (χ0v) is 27.4. The molecular formula is C34H24O22. The van der Waals surface area contributed by atoms with Crippen LogP contribution in [0.25, 0.3) is 22.3 Å². The summed E-state index contributed by atoms with van der Waals surface area (Å²) in [5.41, 5.74) is -9.23. The quantitative estimate of drug-likeness (QED) is 0.0703. The maximum absolute atomic E-state index is 14.1. The van der Waals surface area contributed by atoms with Crippen molar-refractivity contribution in [1.82, 2.24) is 0 Å². The van der Waals surface area contributed by atoms with Crippen LogP contribution >= 0.6 is 0 Å². The Labute approximate surface area is 307 Å². The third-order valence-corrected chi connectivity index (χ3v) is 9.33. The van der Waals surface area contributed by atoms with Crippen molar-refractivity contribution in [3.05, 3.63) is 46.0 Å². The number of aliphatic hydroxyl groups excluding tert-OH is 2. The van der Waals surface area contributed by atoms with Gasteiger partial charge in [0.15, 0.2) is 64.3 Å². The Morgan fingerprint density at radius 3 is 1.29 bits per heavy atom. The van der Waals surface area contributed by atoms with Crippen LogP contribution in [0.3, 0.4) is 0 Å². The number of rotatable bonds is 1. The van der Waals surface area contributed by atoms with Crippen molar-refractivity contribution < 1.29 is 110 Å². The fraction of sp³-hybridized carbons (Fsp3) is 0.176. The number of carbonyl (C=O) groups excluding carboxylic acids is 4. The highest BCUT2D eigenvalue weighted by atomic mass is 16.6. The molecule has 4 aromatic rings. The number of aromatic hydroxyl groups is 12. The number of carbonyl (C=O) groups is 4. The summed E-state index contributed by atoms with van der Waals surface area (Å²) in [6.07, 6.45) is -12.4. The van der Waals surface area contributed by atoms with Crippen LogP contribution in [-0.2, 0) is 18.9 Å². The molecule has 56 heavy (non-hydrogen) atoms. The van der Waals surface area contributed by atoms with E-state index < -0.39 is 180 Å². The first-order valence-corrected chi connectivity index (χ1v) is 15.6. The molecular weight excluding hydrogens is 760 g/mol. The van der Waals surface area contributed by atoms with Gasteiger partial charge >= 0.3 is 23.9 Å². The lowest BCUT2D eigenvalue weighted by molar-refractivity contribution is -0.153. The van der Waals surface area contributed by atoms with Gasteiger partial charge < -0.3 is 90.4 Å². The number of hydrogen-bond donors (Lipinski definition) is 14. The maximum atomic E-state index is 14.1. The molecule has 4 bridgehead atoms. The van der Waals surface area contributed by atoms with E-state index in [1.807, 2.05) is 0 Å². The van der Waals surface area contributed by atoms with Crippen LogP contribution in [0.4, 0.5) is 0 Å². The van der Waals surface area contributed by atoms with Crippen LogP contribution < -0.4 is 0 Å². The zero-order valence-electron chi connectivity index (χ0n) is 27.4. The number of ether oxygens (including phenoxy) is 4. The average Bonchev–Trinajstić information content (AvgIpc) is 3.16. The highest BCUT2D eigenvalue weighted by Crippen LogP contribution is 2.58. The molecule has 0 saturated carbocycles. The first-order valence-electron chi connectivity index (χ1n) is 15.6. The molecule has 5 atom stereocenters. The third-order valence-electron chi connectivity index (χ3n) is 9.33. The minimum Gasteiger partial charge on any atom is -0.504 e. The number of aliphatic hydroxyl groups is 2. The van der Waals surface area contributed by atoms with Crippen LogP contribution in [-0.4, -0.2) is 126 Å². The molecule has 292 valence electrons. The van der Waals surface area contributed by atoms with Crippen LogP contribution in [0.2, 0.25) is 0 Å². The number of benzene rings is 4. The largest absolute Gasteiger partial charge is 0.504 e. The van der Waals surface area contributed by atoms with Gasteiger partial charge in [-0.1, -0.05) is 0 Å². The monoisotopic (exact) mass is 784 g/mol. The summed E-state index contributed by atoms with van der Waals surface area (Å²) in [6.45, 7) is -1.31. The Balaban J connectivity index is 1.48. The molecule has 0 saturated heterocycles. The predicted molar refractivity (Wildman–Crippen MR) is 173 cm³/mol. The standard InChI is InChI=1S/C34H24O22/c35-8-1-5-12(21(42)18(8)39)13-6(2-9(36)19(40)22(13)43)32(50)54-28(11(38)4-53-31(5)49)30-29-26(47)17-16(34(52)55-29)15(24(45)27(48)25(17)46)14-7(33(51)56-30)3-10(37)20(41)23(14)44/h1-3,11,26,28-30,35-48H,4H2. The molecule has 0 fully saturated rings. The molecule has 14 N–H and O–H groups in total. The molecule has 4 heterocycles. The van der Waals surface area contributed by atoms with Gasteiger partial charge in [0, 0.05) is 27.8 Å². The molecule has 5 unspecified atom stereocenters.